The summed E-state index contributed by atoms with van der Waals surface area (Å²) in [5, 5.41) is 0. The van der Waals surface area contributed by atoms with Crippen LogP contribution >= 0.6 is 0 Å². The molecule has 2 saturated heterocycles. The third-order valence-electron chi connectivity index (χ3n) is 6.17. The van der Waals surface area contributed by atoms with Crippen molar-refractivity contribution in [3.05, 3.63) is 64.7 Å². The minimum absolute atomic E-state index is 0.0336. The van der Waals surface area contributed by atoms with Crippen molar-refractivity contribution in [1.29, 1.82) is 0 Å². The summed E-state index contributed by atoms with van der Waals surface area (Å²) < 4.78 is 38.2. The Bertz CT molecular complexity index is 1100. The molecule has 2 unspecified atom stereocenters. The zero-order valence-corrected chi connectivity index (χ0v) is 19.6. The summed E-state index contributed by atoms with van der Waals surface area (Å²) in [6.07, 6.45) is 0.314. The third kappa shape index (κ3) is 4.82. The van der Waals surface area contributed by atoms with E-state index in [4.69, 9.17) is 9.47 Å². The highest BCUT2D eigenvalue weighted by Gasteiger charge is 2.38. The number of hydrogen-bond acceptors (Lipinski definition) is 5. The Balaban J connectivity index is 1.46. The number of amides is 1. The zero-order valence-electron chi connectivity index (χ0n) is 18.8. The van der Waals surface area contributed by atoms with Gasteiger partial charge in [0.25, 0.3) is 5.91 Å². The summed E-state index contributed by atoms with van der Waals surface area (Å²) in [6, 6.07) is 13.0. The van der Waals surface area contributed by atoms with E-state index in [1.54, 1.807) is 30.2 Å². The number of carbonyl (C=O) groups is 1. The molecule has 0 N–H and O–H groups in total. The molecule has 0 aliphatic carbocycles. The molecule has 2 heterocycles. The number of carbonyl (C=O) groups excluding carboxylic acids is 1. The van der Waals surface area contributed by atoms with Crippen LogP contribution in [0.4, 0.5) is 0 Å². The maximum Gasteiger partial charge on any atom is 0.254 e. The second-order valence-electron chi connectivity index (χ2n) is 8.62. The normalized spacial score (nSPS) is 21.4. The van der Waals surface area contributed by atoms with Gasteiger partial charge in [0, 0.05) is 25.8 Å². The predicted octanol–water partition coefficient (Wildman–Crippen LogP) is 2.76. The molecule has 0 bridgehead atoms. The quantitative estimate of drug-likeness (QED) is 0.638. The first kappa shape index (κ1) is 22.8. The summed E-state index contributed by atoms with van der Waals surface area (Å²) in [5.74, 6) is 0.503. The molecule has 172 valence electrons. The van der Waals surface area contributed by atoms with Crippen molar-refractivity contribution >= 4 is 15.9 Å². The van der Waals surface area contributed by atoms with E-state index < -0.39 is 10.0 Å². The molecule has 4 rings (SSSR count). The van der Waals surface area contributed by atoms with Gasteiger partial charge in [0.1, 0.15) is 18.0 Å². The van der Waals surface area contributed by atoms with Crippen molar-refractivity contribution in [1.82, 2.24) is 9.21 Å². The summed E-state index contributed by atoms with van der Waals surface area (Å²) in [5.41, 5.74) is 3.36. The fourth-order valence-electron chi connectivity index (χ4n) is 4.14. The van der Waals surface area contributed by atoms with Crippen molar-refractivity contribution in [3.63, 3.8) is 0 Å². The highest BCUT2D eigenvalue weighted by molar-refractivity contribution is 7.88. The van der Waals surface area contributed by atoms with Gasteiger partial charge in [-0.15, -0.1) is 0 Å². The van der Waals surface area contributed by atoms with Crippen molar-refractivity contribution in [2.45, 2.75) is 38.2 Å². The van der Waals surface area contributed by atoms with Crippen molar-refractivity contribution in [2.24, 2.45) is 0 Å². The monoisotopic (exact) mass is 458 g/mol. The molecule has 2 atom stereocenters. The summed E-state index contributed by atoms with van der Waals surface area (Å²) in [6.45, 7) is 5.95. The molecule has 32 heavy (non-hydrogen) atoms. The Morgan fingerprint density at radius 2 is 1.81 bits per heavy atom. The Morgan fingerprint density at radius 1 is 1.06 bits per heavy atom. The molecule has 0 spiro atoms. The topological polar surface area (TPSA) is 76.1 Å². The molecule has 0 saturated carbocycles. The minimum Gasteiger partial charge on any atom is -0.486 e. The standard InChI is InChI=1S/C24H30N2O5S/c1-17-8-9-18(2)21(12-17)24(27)25-14-22(30-3)23(15-25)31-20-7-4-6-19(13-20)16-32(28,29)26-10-5-11-26/h4,6-9,12-13,22-23H,5,10-11,14-16H2,1-3H3. The number of hydrogen-bond donors (Lipinski definition) is 0. The smallest absolute Gasteiger partial charge is 0.254 e. The van der Waals surface area contributed by atoms with Crippen LogP contribution in [-0.4, -0.2) is 69.0 Å². The Morgan fingerprint density at radius 3 is 2.50 bits per heavy atom. The number of nitrogens with zero attached hydrogens (tertiary/aromatic N) is 2. The molecular weight excluding hydrogens is 428 g/mol. The molecule has 1 amide bonds. The van der Waals surface area contributed by atoms with Gasteiger partial charge >= 0.3 is 0 Å². The van der Waals surface area contributed by atoms with Gasteiger partial charge in [0.05, 0.1) is 18.8 Å². The van der Waals surface area contributed by atoms with Gasteiger partial charge in [-0.1, -0.05) is 29.8 Å². The lowest BCUT2D eigenvalue weighted by Crippen LogP contribution is -2.42. The van der Waals surface area contributed by atoms with Crippen LogP contribution in [0, 0.1) is 13.8 Å². The van der Waals surface area contributed by atoms with Gasteiger partial charge in [-0.05, 0) is 49.6 Å². The second kappa shape index (κ2) is 9.21. The molecule has 2 fully saturated rings. The summed E-state index contributed by atoms with van der Waals surface area (Å²) in [4.78, 5) is 14.9. The maximum atomic E-state index is 13.1. The van der Waals surface area contributed by atoms with E-state index in [1.807, 2.05) is 38.1 Å². The first-order chi connectivity index (χ1) is 15.3. The fourth-order valence-corrected chi connectivity index (χ4v) is 5.73. The van der Waals surface area contributed by atoms with Gasteiger partial charge < -0.3 is 14.4 Å². The van der Waals surface area contributed by atoms with E-state index in [2.05, 4.69) is 0 Å². The second-order valence-corrected chi connectivity index (χ2v) is 10.6. The molecular formula is C24H30N2O5S. The van der Waals surface area contributed by atoms with Crippen LogP contribution in [0.2, 0.25) is 0 Å². The van der Waals surface area contributed by atoms with Crippen LogP contribution in [0.15, 0.2) is 42.5 Å². The molecule has 8 heteroatoms. The lowest BCUT2D eigenvalue weighted by Gasteiger charge is -2.29. The van der Waals surface area contributed by atoms with Crippen LogP contribution < -0.4 is 4.74 Å². The van der Waals surface area contributed by atoms with Gasteiger partial charge in [0.15, 0.2) is 0 Å². The molecule has 2 aromatic carbocycles. The largest absolute Gasteiger partial charge is 0.486 e. The van der Waals surface area contributed by atoms with Crippen molar-refractivity contribution in [2.75, 3.05) is 33.3 Å². The SMILES string of the molecule is COC1CN(C(=O)c2cc(C)ccc2C)CC1Oc1cccc(CS(=O)(=O)N2CCC2)c1. The molecule has 7 nitrogen and oxygen atoms in total. The van der Waals surface area contributed by atoms with E-state index in [9.17, 15) is 13.2 Å². The van der Waals surface area contributed by atoms with Crippen LogP contribution in [0.1, 0.15) is 33.5 Å². The van der Waals surface area contributed by atoms with Gasteiger partial charge in [-0.25, -0.2) is 12.7 Å². The number of likely N-dealkylation sites (tertiary alicyclic amines) is 1. The van der Waals surface area contributed by atoms with E-state index in [-0.39, 0.29) is 23.9 Å². The molecule has 2 aromatic rings. The van der Waals surface area contributed by atoms with Gasteiger partial charge in [0.2, 0.25) is 10.0 Å². The first-order valence-corrected chi connectivity index (χ1v) is 12.5. The minimum atomic E-state index is -3.29. The number of rotatable bonds is 7. The maximum absolute atomic E-state index is 13.1. The van der Waals surface area contributed by atoms with Crippen LogP contribution in [-0.2, 0) is 20.5 Å². The highest BCUT2D eigenvalue weighted by atomic mass is 32.2. The Hall–Kier alpha value is -2.42. The number of benzene rings is 2. The van der Waals surface area contributed by atoms with Gasteiger partial charge in [-0.2, -0.15) is 0 Å². The van der Waals surface area contributed by atoms with E-state index in [0.717, 1.165) is 17.5 Å². The van der Waals surface area contributed by atoms with Crippen LogP contribution in [0.5, 0.6) is 5.75 Å². The van der Waals surface area contributed by atoms with Crippen LogP contribution in [0.25, 0.3) is 0 Å². The summed E-state index contributed by atoms with van der Waals surface area (Å²) >= 11 is 0. The predicted molar refractivity (Wildman–Crippen MR) is 122 cm³/mol. The third-order valence-corrected chi connectivity index (χ3v) is 8.02. The Kier molecular flexibility index (Phi) is 6.55. The number of sulfonamides is 1. The molecule has 2 aliphatic heterocycles. The molecule has 2 aliphatic rings. The average molecular weight is 459 g/mol. The number of aryl methyl sites for hydroxylation is 2. The first-order valence-electron chi connectivity index (χ1n) is 10.9. The highest BCUT2D eigenvalue weighted by Crippen LogP contribution is 2.25. The number of methoxy groups -OCH3 is 1. The van der Waals surface area contributed by atoms with Crippen molar-refractivity contribution in [3.8, 4) is 5.75 Å². The number of ether oxygens (including phenoxy) is 2. The average Bonchev–Trinajstić information content (AvgIpc) is 3.10. The zero-order chi connectivity index (χ0) is 22.9. The fraction of sp³-hybridized carbons (Fsp3) is 0.458. The molecule has 0 aromatic heterocycles. The van der Waals surface area contributed by atoms with E-state index >= 15 is 0 Å². The Labute approximate surface area is 190 Å². The lowest BCUT2D eigenvalue weighted by molar-refractivity contribution is 0.0339. The van der Waals surface area contributed by atoms with Gasteiger partial charge in [-0.3, -0.25) is 4.79 Å². The van der Waals surface area contributed by atoms with Crippen molar-refractivity contribution < 1.29 is 22.7 Å². The van der Waals surface area contributed by atoms with E-state index in [0.29, 0.717) is 43.1 Å². The summed E-state index contributed by atoms with van der Waals surface area (Å²) in [7, 11) is -1.68. The lowest BCUT2D eigenvalue weighted by atomic mass is 10.0. The van der Waals surface area contributed by atoms with E-state index in [1.165, 1.54) is 4.31 Å². The van der Waals surface area contributed by atoms with Crippen LogP contribution in [0.3, 0.4) is 0 Å². The molecule has 0 radical (unpaired) electrons.